The first-order valence-electron chi connectivity index (χ1n) is 6.07. The number of hydrogen-bond donors (Lipinski definition) is 1. The number of furan rings is 1. The zero-order valence-electron chi connectivity index (χ0n) is 10.8. The average molecular weight is 273 g/mol. The first-order chi connectivity index (χ1) is 9.17. The Hall–Kier alpha value is -1.78. The molecular formula is C15H15NO2S. The summed E-state index contributed by atoms with van der Waals surface area (Å²) in [4.78, 5) is 2.37. The van der Waals surface area contributed by atoms with E-state index in [-0.39, 0.29) is 6.04 Å². The molecule has 4 heteroatoms. The van der Waals surface area contributed by atoms with E-state index in [2.05, 4.69) is 19.1 Å². The molecule has 0 aliphatic carbocycles. The van der Waals surface area contributed by atoms with Crippen LogP contribution >= 0.6 is 11.3 Å². The van der Waals surface area contributed by atoms with Gasteiger partial charge in [-0.05, 0) is 37.3 Å². The molecule has 2 N–H and O–H groups in total. The van der Waals surface area contributed by atoms with Crippen LogP contribution in [0.4, 0.5) is 0 Å². The van der Waals surface area contributed by atoms with E-state index in [0.29, 0.717) is 0 Å². The standard InChI is InChI=1S/C15H15NO2S/c1-9-3-6-14(19-9)15(16)13-7-10-4-5-11(17-2)8-12(10)18-13/h3-8,15H,16H2,1-2H3. The maximum Gasteiger partial charge on any atom is 0.138 e. The quantitative estimate of drug-likeness (QED) is 0.788. The molecule has 0 amide bonds. The van der Waals surface area contributed by atoms with Crippen LogP contribution < -0.4 is 10.5 Å². The number of hydrogen-bond acceptors (Lipinski definition) is 4. The summed E-state index contributed by atoms with van der Waals surface area (Å²) in [6.07, 6.45) is 0. The Morgan fingerprint density at radius 3 is 2.74 bits per heavy atom. The second kappa shape index (κ2) is 4.72. The molecule has 0 bridgehead atoms. The van der Waals surface area contributed by atoms with E-state index in [1.165, 1.54) is 4.88 Å². The van der Waals surface area contributed by atoms with Crippen molar-refractivity contribution in [2.45, 2.75) is 13.0 Å². The summed E-state index contributed by atoms with van der Waals surface area (Å²) in [5.41, 5.74) is 7.05. The van der Waals surface area contributed by atoms with Crippen LogP contribution in [0, 0.1) is 6.92 Å². The van der Waals surface area contributed by atoms with Gasteiger partial charge in [0.05, 0.1) is 13.2 Å². The van der Waals surface area contributed by atoms with E-state index in [0.717, 1.165) is 27.4 Å². The van der Waals surface area contributed by atoms with Gasteiger partial charge in [-0.3, -0.25) is 0 Å². The van der Waals surface area contributed by atoms with Gasteiger partial charge in [0, 0.05) is 21.2 Å². The van der Waals surface area contributed by atoms with Crippen molar-refractivity contribution in [2.24, 2.45) is 5.73 Å². The summed E-state index contributed by atoms with van der Waals surface area (Å²) in [6, 6.07) is 11.7. The number of methoxy groups -OCH3 is 1. The largest absolute Gasteiger partial charge is 0.497 e. The number of nitrogens with two attached hydrogens (primary N) is 1. The zero-order valence-corrected chi connectivity index (χ0v) is 11.7. The predicted molar refractivity (Wildman–Crippen MR) is 77.9 cm³/mol. The van der Waals surface area contributed by atoms with E-state index >= 15 is 0 Å². The molecule has 3 nitrogen and oxygen atoms in total. The average Bonchev–Trinajstić information content (AvgIpc) is 3.02. The Morgan fingerprint density at radius 1 is 1.21 bits per heavy atom. The molecule has 0 aliphatic heterocycles. The summed E-state index contributed by atoms with van der Waals surface area (Å²) < 4.78 is 11.0. The lowest BCUT2D eigenvalue weighted by Crippen LogP contribution is -2.08. The molecule has 3 rings (SSSR count). The summed E-state index contributed by atoms with van der Waals surface area (Å²) in [7, 11) is 1.64. The predicted octanol–water partition coefficient (Wildman–Crippen LogP) is 3.86. The van der Waals surface area contributed by atoms with Crippen molar-refractivity contribution in [1.82, 2.24) is 0 Å². The number of aryl methyl sites for hydroxylation is 1. The third-order valence-electron chi connectivity index (χ3n) is 3.12. The van der Waals surface area contributed by atoms with Crippen molar-refractivity contribution in [1.29, 1.82) is 0 Å². The molecular weight excluding hydrogens is 258 g/mol. The maximum absolute atomic E-state index is 6.25. The van der Waals surface area contributed by atoms with Gasteiger partial charge in [-0.1, -0.05) is 0 Å². The van der Waals surface area contributed by atoms with Gasteiger partial charge in [0.25, 0.3) is 0 Å². The Balaban J connectivity index is 2.00. The fraction of sp³-hybridized carbons (Fsp3) is 0.200. The summed E-state index contributed by atoms with van der Waals surface area (Å²) >= 11 is 1.70. The molecule has 2 heterocycles. The number of rotatable bonds is 3. The number of ether oxygens (including phenoxy) is 1. The molecule has 0 saturated heterocycles. The highest BCUT2D eigenvalue weighted by molar-refractivity contribution is 7.12. The SMILES string of the molecule is COc1ccc2cc(C(N)c3ccc(C)s3)oc2c1. The van der Waals surface area contributed by atoms with Crippen molar-refractivity contribution in [3.8, 4) is 5.75 Å². The lowest BCUT2D eigenvalue weighted by atomic mass is 10.2. The molecule has 19 heavy (non-hydrogen) atoms. The maximum atomic E-state index is 6.25. The molecule has 0 spiro atoms. The van der Waals surface area contributed by atoms with E-state index < -0.39 is 0 Å². The van der Waals surface area contributed by atoms with Crippen molar-refractivity contribution >= 4 is 22.3 Å². The molecule has 0 saturated carbocycles. The Kier molecular flexibility index (Phi) is 3.05. The van der Waals surface area contributed by atoms with E-state index in [4.69, 9.17) is 14.9 Å². The van der Waals surface area contributed by atoms with Gasteiger partial charge in [-0.25, -0.2) is 0 Å². The molecule has 0 aliphatic rings. The van der Waals surface area contributed by atoms with Crippen molar-refractivity contribution in [3.05, 3.63) is 51.9 Å². The Bertz CT molecular complexity index is 714. The molecule has 1 unspecified atom stereocenters. The van der Waals surface area contributed by atoms with Crippen LogP contribution in [0.2, 0.25) is 0 Å². The Labute approximate surface area is 115 Å². The van der Waals surface area contributed by atoms with E-state index in [9.17, 15) is 0 Å². The van der Waals surface area contributed by atoms with Gasteiger partial charge < -0.3 is 14.9 Å². The molecule has 3 aromatic rings. The molecule has 1 atom stereocenters. The molecule has 98 valence electrons. The monoisotopic (exact) mass is 273 g/mol. The van der Waals surface area contributed by atoms with Gasteiger partial charge >= 0.3 is 0 Å². The molecule has 1 aromatic carbocycles. The van der Waals surface area contributed by atoms with Crippen molar-refractivity contribution in [3.63, 3.8) is 0 Å². The number of thiophene rings is 1. The van der Waals surface area contributed by atoms with Gasteiger partial charge in [0.15, 0.2) is 0 Å². The number of benzene rings is 1. The van der Waals surface area contributed by atoms with Crippen LogP contribution in [0.3, 0.4) is 0 Å². The van der Waals surface area contributed by atoms with Gasteiger partial charge in [-0.2, -0.15) is 0 Å². The first-order valence-corrected chi connectivity index (χ1v) is 6.88. The van der Waals surface area contributed by atoms with E-state index in [1.54, 1.807) is 18.4 Å². The summed E-state index contributed by atoms with van der Waals surface area (Å²) in [5, 5.41) is 1.04. The van der Waals surface area contributed by atoms with Crippen LogP contribution in [-0.2, 0) is 0 Å². The van der Waals surface area contributed by atoms with Gasteiger partial charge in [0.2, 0.25) is 0 Å². The third-order valence-corrected chi connectivity index (χ3v) is 4.20. The highest BCUT2D eigenvalue weighted by Gasteiger charge is 2.16. The van der Waals surface area contributed by atoms with Crippen LogP contribution in [0.25, 0.3) is 11.0 Å². The smallest absolute Gasteiger partial charge is 0.138 e. The molecule has 0 fully saturated rings. The lowest BCUT2D eigenvalue weighted by molar-refractivity contribution is 0.414. The van der Waals surface area contributed by atoms with Crippen LogP contribution in [0.15, 0.2) is 40.8 Å². The van der Waals surface area contributed by atoms with Crippen LogP contribution in [0.1, 0.15) is 21.6 Å². The highest BCUT2D eigenvalue weighted by atomic mass is 32.1. The normalized spacial score (nSPS) is 12.8. The third kappa shape index (κ3) is 2.25. The fourth-order valence-electron chi connectivity index (χ4n) is 2.07. The molecule has 0 radical (unpaired) electrons. The summed E-state index contributed by atoms with van der Waals surface area (Å²) in [6.45, 7) is 2.07. The topological polar surface area (TPSA) is 48.4 Å². The molecule has 2 aromatic heterocycles. The van der Waals surface area contributed by atoms with Crippen molar-refractivity contribution < 1.29 is 9.15 Å². The minimum absolute atomic E-state index is 0.211. The van der Waals surface area contributed by atoms with Crippen LogP contribution in [-0.4, -0.2) is 7.11 Å². The van der Waals surface area contributed by atoms with Gasteiger partial charge in [-0.15, -0.1) is 11.3 Å². The first kappa shape index (κ1) is 12.3. The summed E-state index contributed by atoms with van der Waals surface area (Å²) in [5.74, 6) is 1.57. The van der Waals surface area contributed by atoms with Crippen molar-refractivity contribution in [2.75, 3.05) is 7.11 Å². The Morgan fingerprint density at radius 2 is 2.05 bits per heavy atom. The zero-order chi connectivity index (χ0) is 13.4. The lowest BCUT2D eigenvalue weighted by Gasteiger charge is -2.04. The van der Waals surface area contributed by atoms with Crippen LogP contribution in [0.5, 0.6) is 5.75 Å². The number of fused-ring (bicyclic) bond motifs is 1. The minimum atomic E-state index is -0.211. The van der Waals surface area contributed by atoms with Gasteiger partial charge in [0.1, 0.15) is 17.1 Å². The minimum Gasteiger partial charge on any atom is -0.497 e. The van der Waals surface area contributed by atoms with E-state index in [1.807, 2.05) is 24.3 Å². The second-order valence-electron chi connectivity index (χ2n) is 4.48. The highest BCUT2D eigenvalue weighted by Crippen LogP contribution is 2.31. The fourth-order valence-corrected chi connectivity index (χ4v) is 2.96. The second-order valence-corrected chi connectivity index (χ2v) is 5.80.